The van der Waals surface area contributed by atoms with Crippen LogP contribution >= 0.6 is 0 Å². The van der Waals surface area contributed by atoms with E-state index in [1.165, 1.54) is 18.2 Å². The molecule has 7 nitrogen and oxygen atoms in total. The molecule has 0 bridgehead atoms. The predicted molar refractivity (Wildman–Crippen MR) is 112 cm³/mol. The third kappa shape index (κ3) is 4.84. The standard InChI is InChI=1S/C23H26N2O5/c1-15-14-24(11-12-25(15)22(29)30-23(2,3)4)21(28)17-7-5-16(6-8-17)19-13-18(26)9-10-20(19)27/h5-10,13,15H,11-12,14H2,1-4H3. The molecular formula is C23H26N2O5. The molecule has 30 heavy (non-hydrogen) atoms. The van der Waals surface area contributed by atoms with Gasteiger partial charge in [-0.25, -0.2) is 4.79 Å². The quantitative estimate of drug-likeness (QED) is 0.700. The van der Waals surface area contributed by atoms with Crippen LogP contribution < -0.4 is 0 Å². The van der Waals surface area contributed by atoms with E-state index in [0.29, 0.717) is 36.3 Å². The van der Waals surface area contributed by atoms with Crippen molar-refractivity contribution in [3.8, 4) is 0 Å². The molecule has 1 aromatic rings. The third-order valence-electron chi connectivity index (χ3n) is 4.94. The average molecular weight is 410 g/mol. The van der Waals surface area contributed by atoms with Crippen LogP contribution in [0.3, 0.4) is 0 Å². The number of rotatable bonds is 2. The lowest BCUT2D eigenvalue weighted by atomic mass is 9.95. The first-order valence-electron chi connectivity index (χ1n) is 9.92. The van der Waals surface area contributed by atoms with Crippen LogP contribution in [0, 0.1) is 0 Å². The minimum absolute atomic E-state index is 0.142. The average Bonchev–Trinajstić information content (AvgIpc) is 2.68. The van der Waals surface area contributed by atoms with Gasteiger partial charge in [-0.2, -0.15) is 0 Å². The fourth-order valence-electron chi connectivity index (χ4n) is 3.44. The second-order valence-electron chi connectivity index (χ2n) is 8.51. The van der Waals surface area contributed by atoms with Gasteiger partial charge in [0, 0.05) is 36.8 Å². The smallest absolute Gasteiger partial charge is 0.410 e. The maximum atomic E-state index is 12.9. The molecule has 2 aliphatic rings. The summed E-state index contributed by atoms with van der Waals surface area (Å²) < 4.78 is 5.44. The normalized spacial score (nSPS) is 19.6. The van der Waals surface area contributed by atoms with E-state index in [9.17, 15) is 19.2 Å². The van der Waals surface area contributed by atoms with Crippen LogP contribution in [-0.4, -0.2) is 64.6 Å². The van der Waals surface area contributed by atoms with Crippen molar-refractivity contribution in [2.24, 2.45) is 0 Å². The minimum Gasteiger partial charge on any atom is -0.444 e. The van der Waals surface area contributed by atoms with Crippen LogP contribution in [0.25, 0.3) is 5.57 Å². The zero-order valence-electron chi connectivity index (χ0n) is 17.7. The number of benzene rings is 1. The van der Waals surface area contributed by atoms with Crippen LogP contribution in [0.2, 0.25) is 0 Å². The van der Waals surface area contributed by atoms with Crippen LogP contribution in [0.15, 0.2) is 42.5 Å². The van der Waals surface area contributed by atoms with E-state index in [0.717, 1.165) is 0 Å². The highest BCUT2D eigenvalue weighted by atomic mass is 16.6. The lowest BCUT2D eigenvalue weighted by Crippen LogP contribution is -2.56. The number of hydrogen-bond acceptors (Lipinski definition) is 5. The topological polar surface area (TPSA) is 84.0 Å². The van der Waals surface area contributed by atoms with Gasteiger partial charge < -0.3 is 14.5 Å². The maximum Gasteiger partial charge on any atom is 0.410 e. The van der Waals surface area contributed by atoms with Gasteiger partial charge in [0.1, 0.15) is 5.60 Å². The summed E-state index contributed by atoms with van der Waals surface area (Å²) in [7, 11) is 0. The molecule has 1 aliphatic heterocycles. The van der Waals surface area contributed by atoms with Gasteiger partial charge in [0.2, 0.25) is 0 Å². The summed E-state index contributed by atoms with van der Waals surface area (Å²) in [5.41, 5.74) is 0.835. The number of ether oxygens (including phenoxy) is 1. The van der Waals surface area contributed by atoms with E-state index in [4.69, 9.17) is 4.74 Å². The first-order valence-corrected chi connectivity index (χ1v) is 9.92. The minimum atomic E-state index is -0.568. The summed E-state index contributed by atoms with van der Waals surface area (Å²) >= 11 is 0. The lowest BCUT2D eigenvalue weighted by Gasteiger charge is -2.40. The van der Waals surface area contributed by atoms with E-state index >= 15 is 0 Å². The highest BCUT2D eigenvalue weighted by Gasteiger charge is 2.32. The Labute approximate surface area is 176 Å². The zero-order valence-corrected chi connectivity index (χ0v) is 17.7. The number of amides is 2. The van der Waals surface area contributed by atoms with Gasteiger partial charge in [0.15, 0.2) is 11.6 Å². The van der Waals surface area contributed by atoms with E-state index in [-0.39, 0.29) is 29.6 Å². The molecule has 1 unspecified atom stereocenters. The SMILES string of the molecule is CC1CN(C(=O)c2ccc(C3=CC(=O)C=CC3=O)cc2)CCN1C(=O)OC(C)(C)C. The summed E-state index contributed by atoms with van der Waals surface area (Å²) in [5, 5.41) is 0. The van der Waals surface area contributed by atoms with Gasteiger partial charge in [0.05, 0.1) is 0 Å². The van der Waals surface area contributed by atoms with Crippen molar-refractivity contribution in [2.45, 2.75) is 39.3 Å². The first-order chi connectivity index (χ1) is 14.0. The van der Waals surface area contributed by atoms with Gasteiger partial charge in [-0.1, -0.05) is 12.1 Å². The molecule has 1 saturated heterocycles. The zero-order chi connectivity index (χ0) is 22.1. The molecule has 1 atom stereocenters. The number of nitrogens with zero attached hydrogens (tertiary/aromatic N) is 2. The van der Waals surface area contributed by atoms with Crippen LogP contribution in [0.5, 0.6) is 0 Å². The Balaban J connectivity index is 1.66. The van der Waals surface area contributed by atoms with Crippen molar-refractivity contribution in [1.82, 2.24) is 9.80 Å². The Morgan fingerprint density at radius 1 is 1.03 bits per heavy atom. The Bertz CT molecular complexity index is 937. The van der Waals surface area contributed by atoms with Crippen molar-refractivity contribution < 1.29 is 23.9 Å². The predicted octanol–water partition coefficient (Wildman–Crippen LogP) is 2.86. The number of carbonyl (C=O) groups excluding carboxylic acids is 4. The highest BCUT2D eigenvalue weighted by molar-refractivity contribution is 6.33. The molecule has 3 rings (SSSR count). The Kier molecular flexibility index (Phi) is 5.92. The van der Waals surface area contributed by atoms with Crippen molar-refractivity contribution >= 4 is 29.1 Å². The molecule has 0 N–H and O–H groups in total. The maximum absolute atomic E-state index is 12.9. The molecule has 0 saturated carbocycles. The van der Waals surface area contributed by atoms with Crippen molar-refractivity contribution in [3.05, 3.63) is 53.6 Å². The van der Waals surface area contributed by atoms with Gasteiger partial charge in [-0.15, -0.1) is 0 Å². The van der Waals surface area contributed by atoms with E-state index in [1.807, 2.05) is 27.7 Å². The molecule has 0 radical (unpaired) electrons. The fraction of sp³-hybridized carbons (Fsp3) is 0.391. The molecule has 0 aromatic heterocycles. The Morgan fingerprint density at radius 2 is 1.70 bits per heavy atom. The Morgan fingerprint density at radius 3 is 2.30 bits per heavy atom. The van der Waals surface area contributed by atoms with Crippen molar-refractivity contribution in [3.63, 3.8) is 0 Å². The molecular weight excluding hydrogens is 384 g/mol. The third-order valence-corrected chi connectivity index (χ3v) is 4.94. The molecule has 1 aromatic carbocycles. The number of carbonyl (C=O) groups is 4. The molecule has 1 aliphatic carbocycles. The molecule has 1 fully saturated rings. The van der Waals surface area contributed by atoms with E-state index in [1.54, 1.807) is 34.1 Å². The monoisotopic (exact) mass is 410 g/mol. The van der Waals surface area contributed by atoms with Crippen LogP contribution in [-0.2, 0) is 14.3 Å². The number of piperazine rings is 1. The Hall–Kier alpha value is -3.22. The summed E-state index contributed by atoms with van der Waals surface area (Å²) in [5.74, 6) is -0.612. The second kappa shape index (κ2) is 8.26. The van der Waals surface area contributed by atoms with E-state index in [2.05, 4.69) is 0 Å². The van der Waals surface area contributed by atoms with Crippen LogP contribution in [0.1, 0.15) is 43.6 Å². The summed E-state index contributed by atoms with van der Waals surface area (Å²) in [4.78, 5) is 52.1. The van der Waals surface area contributed by atoms with Gasteiger partial charge in [-0.3, -0.25) is 14.4 Å². The summed E-state index contributed by atoms with van der Waals surface area (Å²) in [6.45, 7) is 8.57. The molecule has 7 heteroatoms. The number of hydrogen-bond donors (Lipinski definition) is 0. The fourth-order valence-corrected chi connectivity index (χ4v) is 3.44. The van der Waals surface area contributed by atoms with Gasteiger partial charge in [0.25, 0.3) is 5.91 Å². The van der Waals surface area contributed by atoms with Crippen LogP contribution in [0.4, 0.5) is 4.79 Å². The molecule has 158 valence electrons. The first kappa shape index (κ1) is 21.5. The van der Waals surface area contributed by atoms with E-state index < -0.39 is 5.60 Å². The molecule has 0 spiro atoms. The largest absolute Gasteiger partial charge is 0.444 e. The second-order valence-corrected chi connectivity index (χ2v) is 8.51. The summed E-state index contributed by atoms with van der Waals surface area (Å²) in [6, 6.07) is 6.48. The van der Waals surface area contributed by atoms with Crippen molar-refractivity contribution in [1.29, 1.82) is 0 Å². The van der Waals surface area contributed by atoms with Gasteiger partial charge >= 0.3 is 6.09 Å². The van der Waals surface area contributed by atoms with Crippen molar-refractivity contribution in [2.75, 3.05) is 19.6 Å². The van der Waals surface area contributed by atoms with Gasteiger partial charge in [-0.05, 0) is 63.6 Å². The number of ketones is 2. The molecule has 1 heterocycles. The number of allylic oxidation sites excluding steroid dienone is 4. The highest BCUT2D eigenvalue weighted by Crippen LogP contribution is 2.21. The lowest BCUT2D eigenvalue weighted by molar-refractivity contribution is -0.113. The summed E-state index contributed by atoms with van der Waals surface area (Å²) in [6.07, 6.45) is 3.42. The molecule has 2 amide bonds.